The molecule has 0 bridgehead atoms. The van der Waals surface area contributed by atoms with Gasteiger partial charge in [-0.2, -0.15) is 0 Å². The number of quaternary nitrogens is 1. The fourth-order valence-corrected chi connectivity index (χ4v) is 1.95. The van der Waals surface area contributed by atoms with E-state index < -0.39 is 0 Å². The van der Waals surface area contributed by atoms with E-state index in [-0.39, 0.29) is 0 Å². The highest BCUT2D eigenvalue weighted by atomic mass is 16.5. The molecule has 1 fully saturated rings. The molecular formula is C12H18NO+. The Morgan fingerprint density at radius 2 is 1.79 bits per heavy atom. The second-order valence-corrected chi connectivity index (χ2v) is 3.87. The number of ether oxygens (including phenoxy) is 1. The van der Waals surface area contributed by atoms with Crippen LogP contribution in [0, 0.1) is 0 Å². The van der Waals surface area contributed by atoms with Crippen LogP contribution < -0.4 is 9.64 Å². The number of hydrogen-bond donors (Lipinski definition) is 1. The standard InChI is InChI=1S/C12H17NO/c1-2-6-12(7-3-1)14-11-10-13-8-4-5-9-13/h1-3,6-7H,4-5,8-11H2/p+1. The summed E-state index contributed by atoms with van der Waals surface area (Å²) in [6.07, 6.45) is 2.78. The van der Waals surface area contributed by atoms with E-state index in [1.54, 1.807) is 4.90 Å². The van der Waals surface area contributed by atoms with Crippen LogP contribution >= 0.6 is 0 Å². The van der Waals surface area contributed by atoms with Crippen LogP contribution in [0.3, 0.4) is 0 Å². The van der Waals surface area contributed by atoms with Gasteiger partial charge in [-0.1, -0.05) is 18.2 Å². The Kier molecular flexibility index (Phi) is 3.41. The summed E-state index contributed by atoms with van der Waals surface area (Å²) in [6.45, 7) is 4.66. The lowest BCUT2D eigenvalue weighted by molar-refractivity contribution is -0.887. The Bertz CT molecular complexity index is 254. The van der Waals surface area contributed by atoms with E-state index in [4.69, 9.17) is 4.74 Å². The van der Waals surface area contributed by atoms with E-state index >= 15 is 0 Å². The molecule has 1 heterocycles. The van der Waals surface area contributed by atoms with Gasteiger partial charge >= 0.3 is 0 Å². The average Bonchev–Trinajstić information content (AvgIpc) is 2.72. The van der Waals surface area contributed by atoms with Crippen molar-refractivity contribution < 1.29 is 9.64 Å². The molecule has 0 atom stereocenters. The van der Waals surface area contributed by atoms with Crippen molar-refractivity contribution in [3.8, 4) is 5.75 Å². The first kappa shape index (κ1) is 9.53. The summed E-state index contributed by atoms with van der Waals surface area (Å²) in [4.78, 5) is 1.70. The summed E-state index contributed by atoms with van der Waals surface area (Å²) >= 11 is 0. The molecule has 2 heteroatoms. The Morgan fingerprint density at radius 1 is 1.07 bits per heavy atom. The summed E-state index contributed by atoms with van der Waals surface area (Å²) in [5, 5.41) is 0. The minimum atomic E-state index is 0.847. The van der Waals surface area contributed by atoms with Crippen molar-refractivity contribution in [1.82, 2.24) is 0 Å². The highest BCUT2D eigenvalue weighted by Crippen LogP contribution is 2.07. The van der Waals surface area contributed by atoms with Crippen molar-refractivity contribution in [2.75, 3.05) is 26.2 Å². The molecule has 0 radical (unpaired) electrons. The molecule has 1 aliphatic rings. The number of likely N-dealkylation sites (tertiary alicyclic amines) is 1. The van der Waals surface area contributed by atoms with Gasteiger partial charge < -0.3 is 9.64 Å². The van der Waals surface area contributed by atoms with E-state index in [1.165, 1.54) is 25.9 Å². The number of nitrogens with one attached hydrogen (secondary N) is 1. The van der Waals surface area contributed by atoms with Gasteiger partial charge in [0.25, 0.3) is 0 Å². The topological polar surface area (TPSA) is 13.7 Å². The quantitative estimate of drug-likeness (QED) is 0.743. The minimum absolute atomic E-state index is 0.847. The fourth-order valence-electron chi connectivity index (χ4n) is 1.95. The fraction of sp³-hybridized carbons (Fsp3) is 0.500. The van der Waals surface area contributed by atoms with Crippen LogP contribution in [0.5, 0.6) is 5.75 Å². The van der Waals surface area contributed by atoms with Crippen LogP contribution in [-0.4, -0.2) is 26.2 Å². The molecule has 1 aromatic rings. The van der Waals surface area contributed by atoms with Gasteiger partial charge in [-0.25, -0.2) is 0 Å². The molecule has 0 spiro atoms. The second-order valence-electron chi connectivity index (χ2n) is 3.87. The zero-order valence-electron chi connectivity index (χ0n) is 8.54. The summed E-state index contributed by atoms with van der Waals surface area (Å²) in [5.41, 5.74) is 0. The van der Waals surface area contributed by atoms with E-state index in [1.807, 2.05) is 30.3 Å². The van der Waals surface area contributed by atoms with Gasteiger partial charge in [0.1, 0.15) is 18.9 Å². The Hall–Kier alpha value is -1.02. The first-order valence-electron chi connectivity index (χ1n) is 5.46. The summed E-state index contributed by atoms with van der Waals surface area (Å²) in [5.74, 6) is 0.992. The van der Waals surface area contributed by atoms with Gasteiger partial charge in [0.05, 0.1) is 13.1 Å². The SMILES string of the molecule is c1ccc(OCC[NH+]2CCCC2)cc1. The molecule has 0 amide bonds. The first-order valence-corrected chi connectivity index (χ1v) is 5.46. The lowest BCUT2D eigenvalue weighted by atomic mass is 10.3. The molecule has 0 saturated carbocycles. The van der Waals surface area contributed by atoms with Gasteiger partial charge in [-0.05, 0) is 12.1 Å². The zero-order chi connectivity index (χ0) is 9.64. The predicted molar refractivity (Wildman–Crippen MR) is 56.7 cm³/mol. The molecule has 1 aliphatic heterocycles. The third kappa shape index (κ3) is 2.74. The second kappa shape index (κ2) is 5.01. The van der Waals surface area contributed by atoms with Crippen molar-refractivity contribution in [3.63, 3.8) is 0 Å². The maximum Gasteiger partial charge on any atom is 0.137 e. The third-order valence-electron chi connectivity index (χ3n) is 2.78. The molecule has 1 N–H and O–H groups in total. The van der Waals surface area contributed by atoms with Crippen LogP contribution in [0.1, 0.15) is 12.8 Å². The molecule has 1 saturated heterocycles. The highest BCUT2D eigenvalue weighted by molar-refractivity contribution is 5.20. The van der Waals surface area contributed by atoms with Gasteiger partial charge in [0.15, 0.2) is 0 Å². The number of para-hydroxylation sites is 1. The van der Waals surface area contributed by atoms with Crippen molar-refractivity contribution in [3.05, 3.63) is 30.3 Å². The largest absolute Gasteiger partial charge is 0.488 e. The van der Waals surface area contributed by atoms with Crippen molar-refractivity contribution in [1.29, 1.82) is 0 Å². The van der Waals surface area contributed by atoms with Crippen molar-refractivity contribution in [2.45, 2.75) is 12.8 Å². The predicted octanol–water partition coefficient (Wildman–Crippen LogP) is 0.744. The highest BCUT2D eigenvalue weighted by Gasteiger charge is 2.14. The number of benzene rings is 1. The van der Waals surface area contributed by atoms with Crippen molar-refractivity contribution in [2.24, 2.45) is 0 Å². The van der Waals surface area contributed by atoms with Crippen LogP contribution in [0.15, 0.2) is 30.3 Å². The molecule has 0 aliphatic carbocycles. The molecule has 2 nitrogen and oxygen atoms in total. The zero-order valence-corrected chi connectivity index (χ0v) is 8.54. The number of rotatable bonds is 4. The van der Waals surface area contributed by atoms with E-state index in [0.717, 1.165) is 18.9 Å². The number of hydrogen-bond acceptors (Lipinski definition) is 1. The maximum atomic E-state index is 5.65. The van der Waals surface area contributed by atoms with Gasteiger partial charge in [-0.15, -0.1) is 0 Å². The van der Waals surface area contributed by atoms with Gasteiger partial charge in [-0.3, -0.25) is 0 Å². The first-order chi connectivity index (χ1) is 6.95. The molecular weight excluding hydrogens is 174 g/mol. The summed E-state index contributed by atoms with van der Waals surface area (Å²) in [7, 11) is 0. The maximum absolute atomic E-state index is 5.65. The molecule has 76 valence electrons. The lowest BCUT2D eigenvalue weighted by Crippen LogP contribution is -3.10. The molecule has 0 unspecified atom stereocenters. The average molecular weight is 192 g/mol. The van der Waals surface area contributed by atoms with E-state index in [9.17, 15) is 0 Å². The Balaban J connectivity index is 1.67. The normalized spacial score (nSPS) is 17.1. The monoisotopic (exact) mass is 192 g/mol. The molecule has 14 heavy (non-hydrogen) atoms. The van der Waals surface area contributed by atoms with Crippen LogP contribution in [0.25, 0.3) is 0 Å². The minimum Gasteiger partial charge on any atom is -0.488 e. The van der Waals surface area contributed by atoms with Crippen LogP contribution in [-0.2, 0) is 0 Å². The Morgan fingerprint density at radius 3 is 2.50 bits per heavy atom. The summed E-state index contributed by atoms with van der Waals surface area (Å²) in [6, 6.07) is 10.1. The van der Waals surface area contributed by atoms with Crippen molar-refractivity contribution >= 4 is 0 Å². The van der Waals surface area contributed by atoms with Gasteiger partial charge in [0, 0.05) is 12.8 Å². The third-order valence-corrected chi connectivity index (χ3v) is 2.78. The molecule has 0 aromatic heterocycles. The van der Waals surface area contributed by atoms with Crippen LogP contribution in [0.2, 0.25) is 0 Å². The van der Waals surface area contributed by atoms with Crippen LogP contribution in [0.4, 0.5) is 0 Å². The molecule has 1 aromatic carbocycles. The molecule has 2 rings (SSSR count). The van der Waals surface area contributed by atoms with E-state index in [2.05, 4.69) is 0 Å². The summed E-state index contributed by atoms with van der Waals surface area (Å²) < 4.78 is 5.65. The lowest BCUT2D eigenvalue weighted by Gasteiger charge is -2.12. The Labute approximate surface area is 85.5 Å². The van der Waals surface area contributed by atoms with Gasteiger partial charge in [0.2, 0.25) is 0 Å². The van der Waals surface area contributed by atoms with E-state index in [0.29, 0.717) is 0 Å². The smallest absolute Gasteiger partial charge is 0.137 e.